The number of nitriles is 1. The van der Waals surface area contributed by atoms with E-state index in [0.717, 1.165) is 17.1 Å². The van der Waals surface area contributed by atoms with Crippen LogP contribution in [0.15, 0.2) is 107 Å². The van der Waals surface area contributed by atoms with Gasteiger partial charge in [0.25, 0.3) is 0 Å². The predicted octanol–water partition coefficient (Wildman–Crippen LogP) is 9.78. The number of nitrogens with zero attached hydrogens (tertiary/aromatic N) is 3. The first-order valence-electron chi connectivity index (χ1n) is 21.1. The van der Waals surface area contributed by atoms with Gasteiger partial charge in [0, 0.05) is 4.75 Å². The van der Waals surface area contributed by atoms with Crippen molar-refractivity contribution in [2.24, 2.45) is 21.5 Å². The molecule has 0 unspecified atom stereocenters. The highest BCUT2D eigenvalue weighted by atomic mass is 79.9. The number of para-hydroxylation sites is 8. The summed E-state index contributed by atoms with van der Waals surface area (Å²) in [5.41, 5.74) is 13.3. The number of ether oxygens (including phenoxy) is 3. The first-order chi connectivity index (χ1) is 34.0. The highest BCUT2D eigenvalue weighted by Gasteiger charge is 2.43. The van der Waals surface area contributed by atoms with E-state index in [-0.39, 0.29) is 14.0 Å². The monoisotopic (exact) mass is 1270 g/mol. The molecule has 0 radical (unpaired) electrons. The molecule has 2 heterocycles. The third-order valence-corrected chi connectivity index (χ3v) is 11.9. The van der Waals surface area contributed by atoms with Crippen molar-refractivity contribution in [3.63, 3.8) is 0 Å². The molecule has 0 spiro atoms. The number of aliphatic imine (C=N–C) groups is 2. The van der Waals surface area contributed by atoms with Crippen molar-refractivity contribution in [2.45, 2.75) is 73.9 Å². The van der Waals surface area contributed by atoms with Crippen molar-refractivity contribution in [2.75, 3.05) is 42.6 Å². The number of rotatable bonds is 11. The molecule has 12 N–H and O–H groups in total. The van der Waals surface area contributed by atoms with Crippen LogP contribution in [-0.2, 0) is 14.4 Å². The van der Waals surface area contributed by atoms with Gasteiger partial charge in [-0.3, -0.25) is 10.1 Å². The smallest absolute Gasteiger partial charge is 0.369 e. The summed E-state index contributed by atoms with van der Waals surface area (Å²) in [5, 5.41) is 57.3. The summed E-state index contributed by atoms with van der Waals surface area (Å²) < 4.78 is 14.0. The second-order valence-corrected chi connectivity index (χ2v) is 27.4. The van der Waals surface area contributed by atoms with E-state index in [1.54, 1.807) is 71.6 Å². The van der Waals surface area contributed by atoms with Crippen LogP contribution in [0.25, 0.3) is 0 Å². The number of halogens is 3. The summed E-state index contributed by atoms with van der Waals surface area (Å²) >= 11 is 20.8. The van der Waals surface area contributed by atoms with Gasteiger partial charge in [0.1, 0.15) is 29.0 Å². The summed E-state index contributed by atoms with van der Waals surface area (Å²) in [5.74, 6) is -0.662. The van der Waals surface area contributed by atoms with Gasteiger partial charge in [-0.1, -0.05) is 72.1 Å². The van der Waals surface area contributed by atoms with Crippen molar-refractivity contribution in [1.82, 2.24) is 0 Å². The van der Waals surface area contributed by atoms with E-state index >= 15 is 0 Å². The first-order valence-corrected chi connectivity index (χ1v) is 26.3. The lowest BCUT2D eigenvalue weighted by Crippen LogP contribution is -2.45. The fourth-order valence-electron chi connectivity index (χ4n) is 5.58. The SMILES string of the molecule is BrB(Br)Br.CC(C)(S)[C@H](N)C(=O)O.CC1(C)SC(Nc2ccccc2O)=N[C@@H]1C(=O)O.COc1ccccc1NC#N.COc1ccccc1NC(N)=S.COc1ccccc1NC1=N[C@H](C(=O)O)C(C)(C)S1. The number of thiol groups is 1. The van der Waals surface area contributed by atoms with Gasteiger partial charge in [-0.25, -0.2) is 19.6 Å². The van der Waals surface area contributed by atoms with E-state index < -0.39 is 50.3 Å². The number of anilines is 4. The maximum absolute atomic E-state index is 11.2. The van der Waals surface area contributed by atoms with E-state index in [9.17, 15) is 19.5 Å². The second kappa shape index (κ2) is 32.3. The number of nitrogens with one attached hydrogen (secondary N) is 4. The number of thiocarbonyl (C=S) groups is 1. The minimum Gasteiger partial charge on any atom is -0.506 e. The minimum atomic E-state index is -1.02. The van der Waals surface area contributed by atoms with Crippen LogP contribution in [0.1, 0.15) is 41.5 Å². The molecule has 0 bridgehead atoms. The Kier molecular flexibility index (Phi) is 29.2. The number of carboxylic acids is 3. The van der Waals surface area contributed by atoms with Crippen molar-refractivity contribution < 1.29 is 49.0 Å². The number of benzene rings is 4. The number of carbonyl (C=O) groups is 3. The Hall–Kier alpha value is -5.08. The Morgan fingerprint density at radius 1 is 0.740 bits per heavy atom. The normalized spacial score (nSPS) is 15.7. The second-order valence-electron chi connectivity index (χ2n) is 16.1. The summed E-state index contributed by atoms with van der Waals surface area (Å²) in [6.07, 6.45) is 1.83. The van der Waals surface area contributed by atoms with Crippen molar-refractivity contribution >= 4 is 155 Å². The molecule has 2 aliphatic rings. The van der Waals surface area contributed by atoms with Crippen molar-refractivity contribution in [3.05, 3.63) is 97.1 Å². The molecule has 3 atom stereocenters. The standard InChI is InChI=1S/C13H16N2O3S.C12H14N2O3S.C8H10N2OS.C8H8N2O.C5H11NO2S.BBr3/c1-13(2)10(11(16)17)15-12(19-13)14-8-6-4-5-7-9(8)18-3;1-12(2)9(10(16)17)14-11(18-12)13-7-5-3-4-6-8(7)15;1-11-7-5-3-2-4-6(7)10-8(9)12;1-11-8-5-3-2-4-7(8)10-6-9;1-5(2,9)3(6)4(7)8;2-1(3)4/h4-7,10H,1-3H3,(H,14,15)(H,16,17);3-6,9,15H,1-2H3,(H,13,14)(H,16,17);2-5H,1H3,(H3,9,10,12);2-5,10H,1H3;3,9H,6H2,1-2H3,(H,7,8);/t10-;9-;;;3-;/m11..1./s1. The van der Waals surface area contributed by atoms with Gasteiger partial charge in [0.05, 0.1) is 53.6 Å². The topological polar surface area (TPSA) is 308 Å². The number of phenols is 1. The lowest BCUT2D eigenvalue weighted by atomic mass is 10.0. The molecule has 396 valence electrons. The summed E-state index contributed by atoms with van der Waals surface area (Å²) in [7, 11) is 4.76. The molecular weight excluding hydrogens is 1220 g/mol. The number of aromatic hydroxyl groups is 1. The van der Waals surface area contributed by atoms with Crippen LogP contribution in [0.2, 0.25) is 0 Å². The van der Waals surface area contributed by atoms with Crippen LogP contribution >= 0.6 is 95.6 Å². The lowest BCUT2D eigenvalue weighted by Gasteiger charge is -2.21. The average molecular weight is 1280 g/mol. The van der Waals surface area contributed by atoms with E-state index in [1.807, 2.05) is 94.6 Å². The molecule has 0 amide bonds. The first kappa shape index (κ1) is 65.9. The van der Waals surface area contributed by atoms with Gasteiger partial charge in [-0.05, 0) is 102 Å². The van der Waals surface area contributed by atoms with Gasteiger partial charge in [0.2, 0.25) is 0 Å². The largest absolute Gasteiger partial charge is 0.506 e. The molecule has 73 heavy (non-hydrogen) atoms. The number of phenolic OH excluding ortho intramolecular Hbond substituents is 1. The Bertz CT molecular complexity index is 2550. The van der Waals surface area contributed by atoms with E-state index in [2.05, 4.69) is 91.2 Å². The van der Waals surface area contributed by atoms with Crippen molar-refractivity contribution in [3.8, 4) is 29.2 Å². The summed E-state index contributed by atoms with van der Waals surface area (Å²) in [6.45, 7) is 10.7. The van der Waals surface area contributed by atoms with Crippen LogP contribution < -0.4 is 46.9 Å². The molecule has 27 heteroatoms. The predicted molar refractivity (Wildman–Crippen MR) is 316 cm³/mol. The van der Waals surface area contributed by atoms with Gasteiger partial charge in [-0.2, -0.15) is 17.9 Å². The van der Waals surface area contributed by atoms with Crippen LogP contribution in [0.4, 0.5) is 22.7 Å². The lowest BCUT2D eigenvalue weighted by molar-refractivity contribution is -0.140. The maximum Gasteiger partial charge on any atom is 0.369 e. The number of aliphatic carboxylic acids is 3. The molecule has 0 fully saturated rings. The van der Waals surface area contributed by atoms with E-state index in [0.29, 0.717) is 33.2 Å². The molecule has 2 aliphatic heterocycles. The molecule has 0 saturated carbocycles. The molecule has 19 nitrogen and oxygen atoms in total. The number of carboxylic acid groups (broad SMARTS) is 3. The number of thioether (sulfide) groups is 2. The van der Waals surface area contributed by atoms with Crippen LogP contribution in [0.3, 0.4) is 0 Å². The Labute approximate surface area is 469 Å². The highest BCUT2D eigenvalue weighted by molar-refractivity contribution is 9.69. The molecule has 4 aromatic rings. The third kappa shape index (κ3) is 24.2. The third-order valence-electron chi connectivity index (χ3n) is 9.18. The zero-order chi connectivity index (χ0) is 55.7. The number of hydrogen-bond acceptors (Lipinski definition) is 18. The van der Waals surface area contributed by atoms with Gasteiger partial charge >= 0.3 is 21.1 Å². The Balaban J connectivity index is 0.000000459. The number of methoxy groups -OCH3 is 3. The van der Waals surface area contributed by atoms with Crippen LogP contribution in [0, 0.1) is 11.5 Å². The van der Waals surface area contributed by atoms with E-state index in [4.69, 9.17) is 58.5 Å². The van der Waals surface area contributed by atoms with Crippen molar-refractivity contribution in [1.29, 1.82) is 5.26 Å². The van der Waals surface area contributed by atoms with Gasteiger partial charge in [0.15, 0.2) is 33.7 Å². The summed E-state index contributed by atoms with van der Waals surface area (Å²) in [4.78, 5) is 40.8. The minimum absolute atomic E-state index is 0.109. The number of nitrogens with two attached hydrogens (primary N) is 2. The Morgan fingerprint density at radius 3 is 1.41 bits per heavy atom. The van der Waals surface area contributed by atoms with Gasteiger partial charge < -0.3 is 62.1 Å². The molecular formula is C46H59BBr3N9O10S4. The number of amidine groups is 2. The zero-order valence-corrected chi connectivity index (χ0v) is 49.2. The maximum atomic E-state index is 11.2. The van der Waals surface area contributed by atoms with Crippen LogP contribution in [-0.4, -0.2) is 111 Å². The molecule has 0 aromatic heterocycles. The molecule has 0 saturated heterocycles. The fraction of sp³-hybridized carbons (Fsp3) is 0.326. The summed E-state index contributed by atoms with van der Waals surface area (Å²) in [6, 6.07) is 26.5. The molecule has 0 aliphatic carbocycles. The van der Waals surface area contributed by atoms with E-state index in [1.165, 1.54) is 23.5 Å². The van der Waals surface area contributed by atoms with Gasteiger partial charge in [-0.15, -0.1) is 47.3 Å². The average Bonchev–Trinajstić information content (AvgIpc) is 3.80. The van der Waals surface area contributed by atoms with Crippen LogP contribution in [0.5, 0.6) is 23.0 Å². The zero-order valence-electron chi connectivity index (χ0n) is 41.1. The Morgan fingerprint density at radius 2 is 1.08 bits per heavy atom. The fourth-order valence-corrected chi connectivity index (χ4v) is 7.96. The highest BCUT2D eigenvalue weighted by Crippen LogP contribution is 2.40. The molecule has 4 aromatic carbocycles. The number of hydrogen-bond donors (Lipinski definition) is 11. The molecule has 6 rings (SSSR count). The quantitative estimate of drug-likeness (QED) is 0.0166.